The molecule has 0 amide bonds. The molecule has 43 heavy (non-hydrogen) atoms. The van der Waals surface area contributed by atoms with Gasteiger partial charge in [0.2, 0.25) is 0 Å². The fourth-order valence-corrected chi connectivity index (χ4v) is 5.72. The smallest absolute Gasteiger partial charge is 0.248 e. The number of fused-ring (bicyclic) bond motifs is 8. The van der Waals surface area contributed by atoms with Crippen molar-refractivity contribution in [2.75, 3.05) is 0 Å². The zero-order valence-electron chi connectivity index (χ0n) is 22.0. The fraction of sp³-hybridized carbons (Fsp3) is 0.0606. The predicted octanol–water partition coefficient (Wildman–Crippen LogP) is 7.87. The van der Waals surface area contributed by atoms with Crippen LogP contribution in [0.25, 0.3) is 65.2 Å². The first-order valence-corrected chi connectivity index (χ1v) is 12.7. The number of nitriles is 2. The van der Waals surface area contributed by atoms with Crippen LogP contribution in [0.15, 0.2) is 66.0 Å². The molecule has 200 valence electrons. The molecular formula is C33H12F3N7. The molecule has 5 aromatic rings. The minimum absolute atomic E-state index is 0.0536. The molecule has 0 saturated heterocycles. The maximum atomic E-state index is 13.6. The lowest BCUT2D eigenvalue weighted by Crippen LogP contribution is -2.05. The first-order valence-electron chi connectivity index (χ1n) is 12.7. The van der Waals surface area contributed by atoms with Crippen molar-refractivity contribution in [3.8, 4) is 34.5 Å². The highest BCUT2D eigenvalue weighted by Gasteiger charge is 2.35. The van der Waals surface area contributed by atoms with Gasteiger partial charge in [-0.2, -0.15) is 13.2 Å². The Morgan fingerprint density at radius 3 is 1.95 bits per heavy atom. The van der Waals surface area contributed by atoms with Gasteiger partial charge in [-0.15, -0.1) is 0 Å². The third-order valence-electron chi connectivity index (χ3n) is 7.59. The van der Waals surface area contributed by atoms with Gasteiger partial charge in [-0.05, 0) is 53.9 Å². The average Bonchev–Trinajstić information content (AvgIpc) is 3.46. The topological polar surface area (TPSA) is 95.0 Å². The number of halogens is 3. The Morgan fingerprint density at radius 1 is 0.674 bits per heavy atom. The van der Waals surface area contributed by atoms with Gasteiger partial charge in [-0.25, -0.2) is 35.2 Å². The number of aromatic nitrogens is 3. The van der Waals surface area contributed by atoms with E-state index in [-0.39, 0.29) is 28.2 Å². The summed E-state index contributed by atoms with van der Waals surface area (Å²) in [5.41, 5.74) is 5.09. The minimum Gasteiger partial charge on any atom is -0.248 e. The number of alkyl halides is 3. The van der Waals surface area contributed by atoms with Crippen LogP contribution in [-0.2, 0) is 6.18 Å². The number of aryl methyl sites for hydroxylation is 1. The highest BCUT2D eigenvalue weighted by molar-refractivity contribution is 6.08. The third-order valence-corrected chi connectivity index (χ3v) is 7.59. The second-order valence-corrected chi connectivity index (χ2v) is 10.0. The first-order chi connectivity index (χ1) is 20.7. The van der Waals surface area contributed by atoms with E-state index in [0.29, 0.717) is 55.6 Å². The molecule has 7 rings (SSSR count). The number of nitrogens with zero attached hydrogens (tertiary/aromatic N) is 7. The van der Waals surface area contributed by atoms with Crippen LogP contribution in [0.2, 0.25) is 0 Å². The Morgan fingerprint density at radius 2 is 1.28 bits per heavy atom. The summed E-state index contributed by atoms with van der Waals surface area (Å²) in [6.07, 6.45) is -4.61. The SMILES string of the molecule is [C-]#[N+]/C(C#N)=C1/c2cc(C(F)(F)F)ccc2-c2cc3cc4nc5c(nc4cc3nc21)-c1ccc(C)cc1/C5=C(/C#N)[N+]#[C-]. The summed E-state index contributed by atoms with van der Waals surface area (Å²) in [5.74, 6) is 0. The zero-order chi connectivity index (χ0) is 30.2. The molecule has 0 saturated carbocycles. The van der Waals surface area contributed by atoms with Crippen molar-refractivity contribution in [2.45, 2.75) is 13.1 Å². The first kappa shape index (κ1) is 25.6. The van der Waals surface area contributed by atoms with Gasteiger partial charge >= 0.3 is 6.18 Å². The summed E-state index contributed by atoms with van der Waals surface area (Å²) in [4.78, 5) is 21.1. The Bertz CT molecular complexity index is 2360. The standard InChI is InChI=1S/C33H12F3N7/c1-15-4-6-19-20(8-15)29(27(14-38)40-3)32-31(19)42-25-12-23-16(10-24(25)43-32)9-22-18-7-5-17(33(34,35)36)11-21(18)28(30(22)41-23)26(13-37)39-2/h4-12H,1H3/b28-26-,29-27+. The number of rotatable bonds is 0. The summed E-state index contributed by atoms with van der Waals surface area (Å²) in [7, 11) is 0. The predicted molar refractivity (Wildman–Crippen MR) is 152 cm³/mol. The number of allylic oxidation sites excluding steroid dienone is 2. The van der Waals surface area contributed by atoms with Gasteiger partial charge in [-0.3, -0.25) is 0 Å². The second kappa shape index (κ2) is 8.82. The van der Waals surface area contributed by atoms with Crippen LogP contribution in [-0.4, -0.2) is 15.0 Å². The molecule has 0 spiro atoms. The van der Waals surface area contributed by atoms with Crippen LogP contribution in [0, 0.1) is 42.7 Å². The number of pyridine rings is 1. The fourth-order valence-electron chi connectivity index (χ4n) is 5.72. The lowest BCUT2D eigenvalue weighted by atomic mass is 10.0. The molecule has 0 radical (unpaired) electrons. The van der Waals surface area contributed by atoms with Crippen molar-refractivity contribution in [2.24, 2.45) is 0 Å². The van der Waals surface area contributed by atoms with Crippen molar-refractivity contribution >= 4 is 33.1 Å². The van der Waals surface area contributed by atoms with Crippen molar-refractivity contribution < 1.29 is 13.2 Å². The molecule has 7 nitrogen and oxygen atoms in total. The number of benzene rings is 3. The van der Waals surface area contributed by atoms with E-state index in [1.165, 1.54) is 6.07 Å². The van der Waals surface area contributed by atoms with E-state index >= 15 is 0 Å². The molecule has 0 atom stereocenters. The van der Waals surface area contributed by atoms with E-state index in [0.717, 1.165) is 23.3 Å². The molecule has 2 heterocycles. The highest BCUT2D eigenvalue weighted by atomic mass is 19.4. The second-order valence-electron chi connectivity index (χ2n) is 10.0. The highest BCUT2D eigenvalue weighted by Crippen LogP contribution is 2.49. The Balaban J connectivity index is 1.51. The van der Waals surface area contributed by atoms with E-state index in [1.807, 2.05) is 37.3 Å². The molecule has 0 fully saturated rings. The molecule has 10 heteroatoms. The minimum atomic E-state index is -4.61. The van der Waals surface area contributed by atoms with Crippen molar-refractivity contribution in [3.63, 3.8) is 0 Å². The van der Waals surface area contributed by atoms with Gasteiger partial charge in [-0.1, -0.05) is 29.8 Å². The third kappa shape index (κ3) is 3.61. The van der Waals surface area contributed by atoms with Crippen LogP contribution >= 0.6 is 0 Å². The normalized spacial score (nSPS) is 15.0. The summed E-state index contributed by atoms with van der Waals surface area (Å²) < 4.78 is 40.8. The molecule has 0 N–H and O–H groups in total. The Hall–Kier alpha value is -6.36. The van der Waals surface area contributed by atoms with Crippen LogP contribution in [0.4, 0.5) is 13.2 Å². The molecule has 0 bridgehead atoms. The van der Waals surface area contributed by atoms with E-state index in [4.69, 9.17) is 28.1 Å². The molecular weight excluding hydrogens is 551 g/mol. The van der Waals surface area contributed by atoms with Crippen molar-refractivity contribution in [1.82, 2.24) is 15.0 Å². The monoisotopic (exact) mass is 563 g/mol. The maximum Gasteiger partial charge on any atom is 0.416 e. The Labute approximate surface area is 241 Å². The summed E-state index contributed by atoms with van der Waals surface area (Å²) in [6, 6.07) is 17.9. The lowest BCUT2D eigenvalue weighted by Gasteiger charge is -2.09. The summed E-state index contributed by atoms with van der Waals surface area (Å²) >= 11 is 0. The van der Waals surface area contributed by atoms with Gasteiger partial charge in [0.1, 0.15) is 0 Å². The van der Waals surface area contributed by atoms with Gasteiger partial charge in [0.25, 0.3) is 11.4 Å². The molecule has 0 aliphatic heterocycles. The average molecular weight is 564 g/mol. The molecule has 2 aliphatic rings. The van der Waals surface area contributed by atoms with Crippen molar-refractivity contribution in [3.05, 3.63) is 122 Å². The molecule has 2 aromatic heterocycles. The van der Waals surface area contributed by atoms with Gasteiger partial charge in [0, 0.05) is 27.7 Å². The van der Waals surface area contributed by atoms with Gasteiger partial charge in [0.15, 0.2) is 0 Å². The van der Waals surface area contributed by atoms with Crippen molar-refractivity contribution in [1.29, 1.82) is 10.5 Å². The maximum absolute atomic E-state index is 13.6. The van der Waals surface area contributed by atoms with Crippen LogP contribution in [0.5, 0.6) is 0 Å². The van der Waals surface area contributed by atoms with Gasteiger partial charge in [0.05, 0.1) is 64.5 Å². The quantitative estimate of drug-likeness (QED) is 0.106. The van der Waals surface area contributed by atoms with E-state index < -0.39 is 11.7 Å². The molecule has 2 aliphatic carbocycles. The lowest BCUT2D eigenvalue weighted by molar-refractivity contribution is -0.137. The van der Waals surface area contributed by atoms with Crippen LogP contribution in [0.1, 0.15) is 33.6 Å². The molecule has 0 unspecified atom stereocenters. The van der Waals surface area contributed by atoms with E-state index in [2.05, 4.69) is 9.69 Å². The number of hydrogen-bond acceptors (Lipinski definition) is 5. The summed E-state index contributed by atoms with van der Waals surface area (Å²) in [5, 5.41) is 20.0. The largest absolute Gasteiger partial charge is 0.416 e. The number of hydrogen-bond donors (Lipinski definition) is 0. The summed E-state index contributed by atoms with van der Waals surface area (Å²) in [6.45, 7) is 17.0. The van der Waals surface area contributed by atoms with E-state index in [1.54, 1.807) is 18.2 Å². The molecule has 3 aromatic carbocycles. The van der Waals surface area contributed by atoms with E-state index in [9.17, 15) is 23.7 Å². The zero-order valence-corrected chi connectivity index (χ0v) is 22.0. The van der Waals surface area contributed by atoms with Crippen LogP contribution in [0.3, 0.4) is 0 Å². The Kier molecular flexibility index (Phi) is 5.25. The van der Waals surface area contributed by atoms with Gasteiger partial charge < -0.3 is 0 Å². The van der Waals surface area contributed by atoms with Crippen LogP contribution < -0.4 is 0 Å².